The molecule has 1 aromatic heterocycles. The molecule has 9 heteroatoms. The van der Waals surface area contributed by atoms with Crippen molar-refractivity contribution in [3.05, 3.63) is 71.2 Å². The van der Waals surface area contributed by atoms with Crippen LogP contribution in [-0.4, -0.2) is 72.6 Å². The van der Waals surface area contributed by atoms with Crippen molar-refractivity contribution in [1.82, 2.24) is 19.8 Å². The van der Waals surface area contributed by atoms with Crippen molar-refractivity contribution in [2.24, 2.45) is 0 Å². The molecule has 2 aliphatic rings. The number of benzene rings is 2. The molecular weight excluding hydrogens is 449 g/mol. The minimum atomic E-state index is -0.389. The smallest absolute Gasteiger partial charge is 0.254 e. The van der Waals surface area contributed by atoms with Crippen LogP contribution < -0.4 is 14.4 Å². The number of piperazine rings is 1. The monoisotopic (exact) mass is 477 g/mol. The van der Waals surface area contributed by atoms with E-state index in [1.165, 1.54) is 12.1 Å². The molecule has 1 fully saturated rings. The zero-order chi connectivity index (χ0) is 24.4. The third kappa shape index (κ3) is 5.05. The first-order valence-corrected chi connectivity index (χ1v) is 11.7. The molecule has 0 radical (unpaired) electrons. The summed E-state index contributed by atoms with van der Waals surface area (Å²) < 4.78 is 25.2. The quantitative estimate of drug-likeness (QED) is 0.558. The SMILES string of the molecule is COc1cccc(C(=O)N2CCc3nc(N4CCN(C)CC4)nc(Oc4cccc(F)c4)c3C2)c1. The highest BCUT2D eigenvalue weighted by molar-refractivity contribution is 5.94. The number of carbonyl (C=O) groups excluding carboxylic acids is 1. The van der Waals surface area contributed by atoms with Gasteiger partial charge in [0.25, 0.3) is 5.91 Å². The molecule has 0 spiro atoms. The van der Waals surface area contributed by atoms with E-state index in [1.807, 2.05) is 0 Å². The Morgan fingerprint density at radius 2 is 1.74 bits per heavy atom. The Labute approximate surface area is 203 Å². The summed E-state index contributed by atoms with van der Waals surface area (Å²) in [5, 5.41) is 0. The summed E-state index contributed by atoms with van der Waals surface area (Å²) in [7, 11) is 3.67. The van der Waals surface area contributed by atoms with Crippen LogP contribution in [0.1, 0.15) is 21.6 Å². The predicted molar refractivity (Wildman–Crippen MR) is 130 cm³/mol. The van der Waals surface area contributed by atoms with E-state index in [4.69, 9.17) is 19.4 Å². The van der Waals surface area contributed by atoms with Crippen molar-refractivity contribution >= 4 is 11.9 Å². The number of hydrogen-bond donors (Lipinski definition) is 0. The van der Waals surface area contributed by atoms with Crippen LogP contribution in [0.3, 0.4) is 0 Å². The highest BCUT2D eigenvalue weighted by atomic mass is 19.1. The lowest BCUT2D eigenvalue weighted by molar-refractivity contribution is 0.0731. The third-order valence-corrected chi connectivity index (χ3v) is 6.41. The van der Waals surface area contributed by atoms with E-state index in [0.717, 1.165) is 37.4 Å². The normalized spacial score (nSPS) is 16.1. The Kier molecular flexibility index (Phi) is 6.50. The van der Waals surface area contributed by atoms with Gasteiger partial charge in [0, 0.05) is 50.8 Å². The molecule has 0 unspecified atom stereocenters. The zero-order valence-electron chi connectivity index (χ0n) is 19.9. The molecule has 3 heterocycles. The molecular formula is C26H28FN5O3. The van der Waals surface area contributed by atoms with Gasteiger partial charge in [0.2, 0.25) is 11.8 Å². The van der Waals surface area contributed by atoms with Crippen molar-refractivity contribution in [2.45, 2.75) is 13.0 Å². The number of likely N-dealkylation sites (N-methyl/N-ethyl adjacent to an activating group) is 1. The number of amides is 1. The molecule has 182 valence electrons. The maximum absolute atomic E-state index is 13.8. The minimum absolute atomic E-state index is 0.102. The van der Waals surface area contributed by atoms with E-state index in [0.29, 0.717) is 48.4 Å². The van der Waals surface area contributed by atoms with Crippen molar-refractivity contribution in [2.75, 3.05) is 51.8 Å². The van der Waals surface area contributed by atoms with Gasteiger partial charge in [-0.2, -0.15) is 4.98 Å². The molecule has 0 saturated carbocycles. The van der Waals surface area contributed by atoms with Gasteiger partial charge in [0.1, 0.15) is 17.3 Å². The molecule has 0 bridgehead atoms. The lowest BCUT2D eigenvalue weighted by Crippen LogP contribution is -2.45. The molecule has 1 saturated heterocycles. The lowest BCUT2D eigenvalue weighted by atomic mass is 10.0. The molecule has 0 atom stereocenters. The van der Waals surface area contributed by atoms with E-state index >= 15 is 0 Å². The number of methoxy groups -OCH3 is 1. The fourth-order valence-corrected chi connectivity index (χ4v) is 4.36. The van der Waals surface area contributed by atoms with E-state index in [1.54, 1.807) is 48.4 Å². The number of aromatic nitrogens is 2. The second-order valence-electron chi connectivity index (χ2n) is 8.81. The summed E-state index contributed by atoms with van der Waals surface area (Å²) >= 11 is 0. The van der Waals surface area contributed by atoms with E-state index in [9.17, 15) is 9.18 Å². The Balaban J connectivity index is 1.47. The van der Waals surface area contributed by atoms with Crippen LogP contribution in [0, 0.1) is 5.82 Å². The fourth-order valence-electron chi connectivity index (χ4n) is 4.36. The molecule has 1 amide bonds. The molecule has 3 aromatic rings. The van der Waals surface area contributed by atoms with Gasteiger partial charge in [0.15, 0.2) is 0 Å². The van der Waals surface area contributed by atoms with Crippen LogP contribution in [0.25, 0.3) is 0 Å². The second kappa shape index (κ2) is 9.87. The number of halogens is 1. The first-order chi connectivity index (χ1) is 17.0. The molecule has 0 N–H and O–H groups in total. The summed E-state index contributed by atoms with van der Waals surface area (Å²) in [4.78, 5) is 29.0. The van der Waals surface area contributed by atoms with E-state index in [-0.39, 0.29) is 11.7 Å². The Hall–Kier alpha value is -3.72. The van der Waals surface area contributed by atoms with Gasteiger partial charge >= 0.3 is 0 Å². The number of hydrogen-bond acceptors (Lipinski definition) is 7. The van der Waals surface area contributed by atoms with E-state index in [2.05, 4.69) is 16.8 Å². The highest BCUT2D eigenvalue weighted by Crippen LogP contribution is 2.32. The standard InChI is InChI=1S/C26H28FN5O3/c1-30-11-13-31(14-12-30)26-28-23-9-10-32(25(33)18-5-3-7-20(15-18)34-2)17-22(23)24(29-26)35-21-8-4-6-19(27)16-21/h3-8,15-16H,9-14,17H2,1-2H3. The second-order valence-corrected chi connectivity index (χ2v) is 8.81. The number of anilines is 1. The zero-order valence-corrected chi connectivity index (χ0v) is 19.9. The van der Waals surface area contributed by atoms with Crippen LogP contribution in [0.15, 0.2) is 48.5 Å². The summed E-state index contributed by atoms with van der Waals surface area (Å²) in [5.41, 5.74) is 2.15. The van der Waals surface area contributed by atoms with Crippen molar-refractivity contribution in [1.29, 1.82) is 0 Å². The molecule has 8 nitrogen and oxygen atoms in total. The van der Waals surface area contributed by atoms with Gasteiger partial charge in [-0.25, -0.2) is 9.37 Å². The van der Waals surface area contributed by atoms with Gasteiger partial charge in [-0.1, -0.05) is 12.1 Å². The predicted octanol–water partition coefficient (Wildman–Crippen LogP) is 3.37. The maximum atomic E-state index is 13.8. The van der Waals surface area contributed by atoms with Crippen LogP contribution >= 0.6 is 0 Å². The first-order valence-electron chi connectivity index (χ1n) is 11.7. The van der Waals surface area contributed by atoms with Gasteiger partial charge < -0.3 is 24.2 Å². The van der Waals surface area contributed by atoms with Crippen LogP contribution in [0.4, 0.5) is 10.3 Å². The number of nitrogens with zero attached hydrogens (tertiary/aromatic N) is 5. The Morgan fingerprint density at radius 1 is 0.971 bits per heavy atom. The largest absolute Gasteiger partial charge is 0.497 e. The van der Waals surface area contributed by atoms with Gasteiger partial charge in [-0.3, -0.25) is 4.79 Å². The summed E-state index contributed by atoms with van der Waals surface area (Å²) in [6.45, 7) is 4.30. The van der Waals surface area contributed by atoms with Crippen LogP contribution in [0.2, 0.25) is 0 Å². The highest BCUT2D eigenvalue weighted by Gasteiger charge is 2.29. The van der Waals surface area contributed by atoms with Crippen LogP contribution in [-0.2, 0) is 13.0 Å². The van der Waals surface area contributed by atoms with Gasteiger partial charge in [0.05, 0.1) is 24.9 Å². The van der Waals surface area contributed by atoms with Crippen molar-refractivity contribution in [3.8, 4) is 17.4 Å². The maximum Gasteiger partial charge on any atom is 0.254 e. The lowest BCUT2D eigenvalue weighted by Gasteiger charge is -2.34. The number of carbonyl (C=O) groups is 1. The topological polar surface area (TPSA) is 71.0 Å². The van der Waals surface area contributed by atoms with Crippen LogP contribution in [0.5, 0.6) is 17.4 Å². The van der Waals surface area contributed by atoms with Gasteiger partial charge in [-0.05, 0) is 37.4 Å². The average molecular weight is 478 g/mol. The number of fused-ring (bicyclic) bond motifs is 1. The molecule has 0 aliphatic carbocycles. The molecule has 2 aliphatic heterocycles. The first kappa shape index (κ1) is 23.0. The van der Waals surface area contributed by atoms with Crippen molar-refractivity contribution < 1.29 is 18.7 Å². The number of rotatable bonds is 5. The molecule has 5 rings (SSSR count). The molecule has 2 aromatic carbocycles. The van der Waals surface area contributed by atoms with E-state index < -0.39 is 0 Å². The average Bonchev–Trinajstić information content (AvgIpc) is 2.88. The number of ether oxygens (including phenoxy) is 2. The summed E-state index contributed by atoms with van der Waals surface area (Å²) in [6, 6.07) is 13.1. The molecule has 35 heavy (non-hydrogen) atoms. The Morgan fingerprint density at radius 3 is 2.51 bits per heavy atom. The van der Waals surface area contributed by atoms with Gasteiger partial charge in [-0.15, -0.1) is 0 Å². The fraction of sp³-hybridized carbons (Fsp3) is 0.346. The summed E-state index contributed by atoms with van der Waals surface area (Å²) in [6.07, 6.45) is 0.577. The minimum Gasteiger partial charge on any atom is -0.497 e. The Bertz CT molecular complexity index is 1230. The summed E-state index contributed by atoms with van der Waals surface area (Å²) in [5.74, 6) is 1.46. The third-order valence-electron chi connectivity index (χ3n) is 6.41. The van der Waals surface area contributed by atoms with Crippen molar-refractivity contribution in [3.63, 3.8) is 0 Å².